The molecule has 694 valence electrons. The van der Waals surface area contributed by atoms with E-state index in [9.17, 15) is 34.5 Å². The second-order valence-corrected chi connectivity index (χ2v) is 32.7. The summed E-state index contributed by atoms with van der Waals surface area (Å²) < 4.78 is 55.8. The highest BCUT2D eigenvalue weighted by atomic mass is 79.9. The molecule has 10 heterocycles. The van der Waals surface area contributed by atoms with E-state index in [1.165, 1.54) is 54.2 Å². The molecule has 0 aliphatic heterocycles. The molecule has 30 nitrogen and oxygen atoms in total. The average Bonchev–Trinajstić information content (AvgIpc) is 1.78. The van der Waals surface area contributed by atoms with Crippen LogP contribution in [-0.2, 0) is 33.0 Å². The standard InChI is InChI=1S/C22H25N3O4.C21H23N3O4.C20H20BrN3O2.C20H21N3O4.C20H21N3O/c1-14(2)25-17(10-12-24-25)21-16(7-6-11-23-21)13-29-18-8-9-19(27-4)22(28-5)20(18)15(3)26;1-13(2)24-16(9-11-23-24)20-15(6-5-10-22-20)12-28-17-7-8-18(27-4)21(26)19(17)14(3)25;1-13(2)24-17(9-10-22-24)20-15(7-8-19(21)23-20)12-26-18-6-4-5-14(3)16(18)11-25;1-12(2)23-15(8-10-22-23)19-14(5-4-9-21-19)11-27-17-7-6-16(25)20(26)18(17)13(3)24;1-4-16-8-5-6-10-19(16)24-14-17-9-7-12-21-20(17)18-11-13-22-23(18)15(2)3/h6-12,14H,13H2,1-5H3;5-11,13,26H,12H2,1-4H3;4-11,13H,12H2,1-3H3;4-10,12,25-26H,11H2,1-3H3;4-13,15H,1,14H2,2-3H3. The first-order valence-electron chi connectivity index (χ1n) is 43.3. The molecule has 0 aliphatic rings. The predicted molar refractivity (Wildman–Crippen MR) is 516 cm³/mol. The minimum atomic E-state index is -0.482. The van der Waals surface area contributed by atoms with Gasteiger partial charge in [0.05, 0.1) is 83.8 Å². The number of Topliss-reactive ketones (excluding diaryl/α,β-unsaturated/α-hetero) is 3. The highest BCUT2D eigenvalue weighted by molar-refractivity contribution is 9.10. The highest BCUT2D eigenvalue weighted by Crippen LogP contribution is 2.42. The number of aromatic nitrogens is 15. The van der Waals surface area contributed by atoms with Crippen LogP contribution in [0.25, 0.3) is 63.0 Å². The molecular weight excluding hydrogens is 1770 g/mol. The lowest BCUT2D eigenvalue weighted by molar-refractivity contribution is 0.0996. The summed E-state index contributed by atoms with van der Waals surface area (Å²) in [6.07, 6.45) is 18.4. The summed E-state index contributed by atoms with van der Waals surface area (Å²) in [5.41, 5.74) is 15.9. The highest BCUT2D eigenvalue weighted by Gasteiger charge is 2.27. The van der Waals surface area contributed by atoms with Crippen molar-refractivity contribution in [3.05, 3.63) is 298 Å². The molecule has 0 fully saturated rings. The summed E-state index contributed by atoms with van der Waals surface area (Å²) >= 11 is 3.44. The van der Waals surface area contributed by atoms with E-state index in [0.29, 0.717) is 47.3 Å². The van der Waals surface area contributed by atoms with Gasteiger partial charge in [0.2, 0.25) is 0 Å². The number of phenols is 3. The van der Waals surface area contributed by atoms with Crippen LogP contribution in [0.2, 0.25) is 0 Å². The van der Waals surface area contributed by atoms with Crippen LogP contribution in [0.15, 0.2) is 237 Å². The van der Waals surface area contributed by atoms with Gasteiger partial charge in [-0.2, -0.15) is 25.5 Å². The van der Waals surface area contributed by atoms with Gasteiger partial charge < -0.3 is 53.2 Å². The summed E-state index contributed by atoms with van der Waals surface area (Å²) in [5.74, 6) is 1.43. The van der Waals surface area contributed by atoms with Crippen molar-refractivity contribution < 1.29 is 72.4 Å². The molecule has 15 aromatic rings. The Kier molecular flexibility index (Phi) is 34.7. The van der Waals surface area contributed by atoms with E-state index in [2.05, 4.69) is 128 Å². The summed E-state index contributed by atoms with van der Waals surface area (Å²) in [7, 11) is 4.46. The summed E-state index contributed by atoms with van der Waals surface area (Å²) in [5, 5.41) is 51.8. The maximum Gasteiger partial charge on any atom is 0.175 e. The fourth-order valence-electron chi connectivity index (χ4n) is 14.6. The number of aryl methyl sites for hydroxylation is 1. The largest absolute Gasteiger partial charge is 0.504 e. The molecule has 31 heteroatoms. The van der Waals surface area contributed by atoms with Crippen molar-refractivity contribution in [3.63, 3.8) is 0 Å². The van der Waals surface area contributed by atoms with Crippen LogP contribution in [-0.4, -0.2) is 134 Å². The van der Waals surface area contributed by atoms with Crippen molar-refractivity contribution in [1.29, 1.82) is 0 Å². The number of ketones is 3. The SMILES string of the molecule is C=Cc1ccccc1OCc1cccnc1-c1ccnn1C(C)C.CC(=O)c1c(OCc2cccnc2-c2ccnn2C(C)C)ccc(O)c1O.COc1ccc(OCc2cccnc2-c2ccnn2C(C)C)c(C(C)=O)c1O.COc1ccc(OCc2cccnc2-c2ccnn2C(C)C)c(C(C)=O)c1OC.Cc1cccc(OCc2ccc(Br)nc2-c2ccnn2C(C)C)c1C=O. The number of nitrogens with zero attached hydrogens (tertiary/aromatic N) is 15. The van der Waals surface area contributed by atoms with Gasteiger partial charge in [0.25, 0.3) is 0 Å². The Bertz CT molecular complexity index is 6570. The van der Waals surface area contributed by atoms with Crippen molar-refractivity contribution >= 4 is 45.6 Å². The van der Waals surface area contributed by atoms with Gasteiger partial charge in [-0.15, -0.1) is 0 Å². The van der Waals surface area contributed by atoms with Crippen LogP contribution in [0.5, 0.6) is 63.2 Å². The van der Waals surface area contributed by atoms with Gasteiger partial charge in [0, 0.05) is 119 Å². The summed E-state index contributed by atoms with van der Waals surface area (Å²) in [6.45, 7) is 31.9. The smallest absolute Gasteiger partial charge is 0.175 e. The van der Waals surface area contributed by atoms with Gasteiger partial charge in [-0.1, -0.05) is 73.3 Å². The Morgan fingerprint density at radius 3 is 1.07 bits per heavy atom. The zero-order chi connectivity index (χ0) is 96.4. The third-order valence-electron chi connectivity index (χ3n) is 21.0. The van der Waals surface area contributed by atoms with Gasteiger partial charge in [-0.25, -0.2) is 4.98 Å². The van der Waals surface area contributed by atoms with Crippen LogP contribution < -0.4 is 37.9 Å². The number of benzene rings is 5. The van der Waals surface area contributed by atoms with Crippen molar-refractivity contribution in [1.82, 2.24) is 73.8 Å². The molecular formula is C103H110BrN15O15. The van der Waals surface area contributed by atoms with Gasteiger partial charge in [-0.05, 0) is 228 Å². The molecule has 134 heavy (non-hydrogen) atoms. The first-order valence-corrected chi connectivity index (χ1v) is 44.0. The molecule has 0 bridgehead atoms. The lowest BCUT2D eigenvalue weighted by Crippen LogP contribution is -2.09. The number of carbonyl (C=O) groups excluding carboxylic acids is 4. The lowest BCUT2D eigenvalue weighted by atomic mass is 10.1. The van der Waals surface area contributed by atoms with Crippen molar-refractivity contribution in [2.45, 2.75) is 160 Å². The topological polar surface area (TPSA) is 356 Å². The van der Waals surface area contributed by atoms with E-state index >= 15 is 0 Å². The molecule has 0 radical (unpaired) electrons. The second-order valence-electron chi connectivity index (χ2n) is 31.9. The minimum absolute atomic E-state index is 0.0485. The number of phenolic OH excluding ortho intramolecular Hbond substituents is 3. The van der Waals surface area contributed by atoms with Crippen LogP contribution in [0, 0.1) is 6.92 Å². The normalized spacial score (nSPS) is 10.9. The van der Waals surface area contributed by atoms with E-state index in [1.54, 1.807) is 92.0 Å². The first-order chi connectivity index (χ1) is 64.5. The van der Waals surface area contributed by atoms with E-state index in [-0.39, 0.29) is 101 Å². The van der Waals surface area contributed by atoms with Crippen molar-refractivity contribution in [2.24, 2.45) is 0 Å². The number of carbonyl (C=O) groups is 4. The summed E-state index contributed by atoms with van der Waals surface area (Å²) in [4.78, 5) is 70.2. The number of hydrogen-bond acceptors (Lipinski definition) is 25. The fourth-order valence-corrected chi connectivity index (χ4v) is 14.9. The van der Waals surface area contributed by atoms with Crippen LogP contribution >= 0.6 is 15.9 Å². The second kappa shape index (κ2) is 46.9. The van der Waals surface area contributed by atoms with E-state index in [1.807, 2.05) is 172 Å². The molecule has 0 unspecified atom stereocenters. The number of pyridine rings is 5. The number of methoxy groups -OCH3 is 3. The molecule has 0 atom stereocenters. The maximum atomic E-state index is 12.3. The minimum Gasteiger partial charge on any atom is -0.504 e. The Morgan fingerprint density at radius 1 is 0.366 bits per heavy atom. The molecule has 0 saturated heterocycles. The molecule has 0 aliphatic carbocycles. The van der Waals surface area contributed by atoms with Gasteiger partial charge >= 0.3 is 0 Å². The predicted octanol–water partition coefficient (Wildman–Crippen LogP) is 21.8. The number of halogens is 1. The maximum absolute atomic E-state index is 12.3. The molecule has 0 spiro atoms. The van der Waals surface area contributed by atoms with Crippen molar-refractivity contribution in [3.8, 4) is 120 Å². The number of aldehydes is 1. The van der Waals surface area contributed by atoms with Gasteiger partial charge in [-0.3, -0.25) is 62.5 Å². The molecule has 0 amide bonds. The van der Waals surface area contributed by atoms with Crippen LogP contribution in [0.1, 0.15) is 201 Å². The Hall–Kier alpha value is -15.4. The quantitative estimate of drug-likeness (QED) is 0.0149. The van der Waals surface area contributed by atoms with E-state index in [0.717, 1.165) is 113 Å². The molecule has 0 saturated carbocycles. The number of ether oxygens (including phenoxy) is 8. The Morgan fingerprint density at radius 2 is 0.701 bits per heavy atom. The van der Waals surface area contributed by atoms with E-state index < -0.39 is 11.5 Å². The zero-order valence-corrected chi connectivity index (χ0v) is 79.6. The van der Waals surface area contributed by atoms with Crippen LogP contribution in [0.3, 0.4) is 0 Å². The molecule has 3 N–H and O–H groups in total. The number of hydrogen-bond donors (Lipinski definition) is 3. The number of rotatable bonds is 33. The first kappa shape index (κ1) is 99.2. The molecule has 10 aromatic heterocycles. The zero-order valence-electron chi connectivity index (χ0n) is 78.0. The third kappa shape index (κ3) is 24.0. The van der Waals surface area contributed by atoms with Gasteiger partial charge in [0.15, 0.2) is 58.1 Å². The fraction of sp³-hybridized carbons (Fsp3) is 0.262. The monoisotopic (exact) mass is 1880 g/mol. The van der Waals surface area contributed by atoms with Gasteiger partial charge in [0.1, 0.15) is 83.1 Å². The third-order valence-corrected chi connectivity index (χ3v) is 21.4. The lowest BCUT2D eigenvalue weighted by Gasteiger charge is -2.17. The Balaban J connectivity index is 0.000000161. The Labute approximate surface area is 787 Å². The van der Waals surface area contributed by atoms with Crippen LogP contribution in [0.4, 0.5) is 0 Å². The average molecular weight is 1880 g/mol. The van der Waals surface area contributed by atoms with E-state index in [4.69, 9.17) is 37.9 Å². The number of para-hydroxylation sites is 1. The summed E-state index contributed by atoms with van der Waals surface area (Å²) in [6, 6.07) is 52.6. The number of aromatic hydroxyl groups is 3. The molecule has 5 aromatic carbocycles. The molecule has 15 rings (SSSR count). The van der Waals surface area contributed by atoms with Crippen molar-refractivity contribution in [2.75, 3.05) is 21.3 Å².